The highest BCUT2D eigenvalue weighted by atomic mass is 16.5. The number of esters is 1. The third kappa shape index (κ3) is 5.75. The van der Waals surface area contributed by atoms with E-state index in [1.807, 2.05) is 62.4 Å². The highest BCUT2D eigenvalue weighted by Gasteiger charge is 2.24. The van der Waals surface area contributed by atoms with E-state index in [-0.39, 0.29) is 12.3 Å². The molecule has 0 saturated heterocycles. The molecule has 1 atom stereocenters. The van der Waals surface area contributed by atoms with Gasteiger partial charge in [-0.05, 0) is 37.6 Å². The van der Waals surface area contributed by atoms with Gasteiger partial charge in [-0.3, -0.25) is 9.59 Å². The summed E-state index contributed by atoms with van der Waals surface area (Å²) in [7, 11) is 0. The fourth-order valence-electron chi connectivity index (χ4n) is 3.85. The third-order valence-electron chi connectivity index (χ3n) is 5.48. The maximum atomic E-state index is 12.8. The minimum atomic E-state index is -0.931. The van der Waals surface area contributed by atoms with Gasteiger partial charge >= 0.3 is 5.97 Å². The highest BCUT2D eigenvalue weighted by molar-refractivity contribution is 5.93. The zero-order valence-corrected chi connectivity index (χ0v) is 19.8. The molecular weight excluding hydrogens is 446 g/mol. The first kappa shape index (κ1) is 23.7. The molecule has 0 fully saturated rings. The van der Waals surface area contributed by atoms with Crippen molar-refractivity contribution in [1.29, 1.82) is 0 Å². The number of ether oxygens (including phenoxy) is 1. The molecule has 9 nitrogen and oxygen atoms in total. The molecule has 0 bridgehead atoms. The van der Waals surface area contributed by atoms with Crippen LogP contribution in [-0.4, -0.2) is 45.2 Å². The lowest BCUT2D eigenvalue weighted by molar-refractivity contribution is -0.150. The minimum Gasteiger partial charge on any atom is -0.454 e. The quantitative estimate of drug-likeness (QED) is 0.340. The Kier molecular flexibility index (Phi) is 6.96. The van der Waals surface area contributed by atoms with E-state index in [0.29, 0.717) is 5.82 Å². The molecule has 2 aromatic carbocycles. The Balaban J connectivity index is 1.41. The van der Waals surface area contributed by atoms with Crippen LogP contribution in [0.2, 0.25) is 0 Å². The number of amides is 2. The van der Waals surface area contributed by atoms with Crippen LogP contribution in [0.5, 0.6) is 0 Å². The lowest BCUT2D eigenvalue weighted by atomic mass is 10.0. The lowest BCUT2D eigenvalue weighted by Crippen LogP contribution is -2.43. The van der Waals surface area contributed by atoms with Crippen molar-refractivity contribution in [2.75, 3.05) is 11.9 Å². The highest BCUT2D eigenvalue weighted by Crippen LogP contribution is 2.20. The topological polar surface area (TPSA) is 118 Å². The van der Waals surface area contributed by atoms with E-state index >= 15 is 0 Å². The first-order chi connectivity index (χ1) is 16.8. The second-order valence-corrected chi connectivity index (χ2v) is 8.39. The number of aryl methyl sites for hydroxylation is 2. The second kappa shape index (κ2) is 10.3. The van der Waals surface area contributed by atoms with E-state index in [9.17, 15) is 14.4 Å². The summed E-state index contributed by atoms with van der Waals surface area (Å²) in [6.45, 7) is 4.64. The van der Waals surface area contributed by atoms with Crippen LogP contribution in [0.4, 0.5) is 5.82 Å². The first-order valence-electron chi connectivity index (χ1n) is 11.2. The molecule has 0 unspecified atom stereocenters. The molecule has 2 heterocycles. The lowest BCUT2D eigenvalue weighted by Gasteiger charge is -2.16. The Bertz CT molecular complexity index is 1370. The number of hydrogen-bond donors (Lipinski definition) is 3. The van der Waals surface area contributed by atoms with Gasteiger partial charge in [-0.2, -0.15) is 5.10 Å². The number of fused-ring (bicyclic) bond motifs is 1. The van der Waals surface area contributed by atoms with Crippen molar-refractivity contribution >= 4 is 34.5 Å². The van der Waals surface area contributed by atoms with E-state index in [4.69, 9.17) is 4.74 Å². The standard InChI is InChI=1S/C26H27N5O4/c1-16-8-10-20(11-9-16)31-24(12-17(2)30-31)29-25(33)15-35-26(34)23(28-18(3)32)13-19-14-27-22-7-5-4-6-21(19)22/h4-12,14,23,27H,13,15H2,1-3H3,(H,28,32)(H,29,33)/t23-/m0/s1. The van der Waals surface area contributed by atoms with Crippen molar-refractivity contribution in [2.45, 2.75) is 33.2 Å². The van der Waals surface area contributed by atoms with E-state index in [1.165, 1.54) is 6.92 Å². The molecule has 2 amide bonds. The summed E-state index contributed by atoms with van der Waals surface area (Å²) in [6.07, 6.45) is 2.03. The molecular formula is C26H27N5O4. The number of benzene rings is 2. The summed E-state index contributed by atoms with van der Waals surface area (Å²) in [5.74, 6) is -1.11. The number of nitrogens with zero attached hydrogens (tertiary/aromatic N) is 2. The fourth-order valence-corrected chi connectivity index (χ4v) is 3.85. The normalized spacial score (nSPS) is 11.7. The van der Waals surface area contributed by atoms with E-state index in [0.717, 1.165) is 33.4 Å². The second-order valence-electron chi connectivity index (χ2n) is 8.39. The zero-order valence-electron chi connectivity index (χ0n) is 19.8. The minimum absolute atomic E-state index is 0.226. The predicted molar refractivity (Wildman–Crippen MR) is 132 cm³/mol. The largest absolute Gasteiger partial charge is 0.454 e. The van der Waals surface area contributed by atoms with Gasteiger partial charge in [-0.25, -0.2) is 9.48 Å². The molecule has 9 heteroatoms. The Morgan fingerprint density at radius 3 is 2.57 bits per heavy atom. The van der Waals surface area contributed by atoms with Crippen molar-refractivity contribution in [1.82, 2.24) is 20.1 Å². The Labute approximate surface area is 202 Å². The summed E-state index contributed by atoms with van der Waals surface area (Å²) in [4.78, 5) is 40.2. The van der Waals surface area contributed by atoms with E-state index in [2.05, 4.69) is 20.7 Å². The van der Waals surface area contributed by atoms with Gasteiger partial charge in [0.2, 0.25) is 5.91 Å². The summed E-state index contributed by atoms with van der Waals surface area (Å²) in [5.41, 5.74) is 4.41. The maximum Gasteiger partial charge on any atom is 0.329 e. The molecule has 0 spiro atoms. The van der Waals surface area contributed by atoms with Crippen molar-refractivity contribution in [3.63, 3.8) is 0 Å². The predicted octanol–water partition coefficient (Wildman–Crippen LogP) is 3.20. The monoisotopic (exact) mass is 473 g/mol. The number of nitrogens with one attached hydrogen (secondary N) is 3. The number of H-pyrrole nitrogens is 1. The molecule has 3 N–H and O–H groups in total. The van der Waals surface area contributed by atoms with Crippen LogP contribution in [0, 0.1) is 13.8 Å². The van der Waals surface area contributed by atoms with Crippen molar-refractivity contribution in [3.05, 3.63) is 77.6 Å². The first-order valence-corrected chi connectivity index (χ1v) is 11.2. The summed E-state index contributed by atoms with van der Waals surface area (Å²) >= 11 is 0. The zero-order chi connectivity index (χ0) is 24.9. The van der Waals surface area contributed by atoms with Gasteiger partial charge < -0.3 is 20.4 Å². The van der Waals surface area contributed by atoms with Gasteiger partial charge in [0.05, 0.1) is 11.4 Å². The number of aromatic amines is 1. The van der Waals surface area contributed by atoms with Gasteiger partial charge in [0, 0.05) is 36.5 Å². The Morgan fingerprint density at radius 2 is 1.83 bits per heavy atom. The van der Waals surface area contributed by atoms with Crippen LogP contribution in [0.25, 0.3) is 16.6 Å². The van der Waals surface area contributed by atoms with Crippen LogP contribution in [-0.2, 0) is 25.5 Å². The summed E-state index contributed by atoms with van der Waals surface area (Å²) < 4.78 is 6.88. The average molecular weight is 474 g/mol. The number of hydrogen-bond acceptors (Lipinski definition) is 5. The molecule has 0 aliphatic heterocycles. The molecule has 180 valence electrons. The van der Waals surface area contributed by atoms with Gasteiger partial charge in [0.25, 0.3) is 5.91 Å². The number of aromatic nitrogens is 3. The molecule has 0 aliphatic rings. The molecule has 0 radical (unpaired) electrons. The van der Waals surface area contributed by atoms with Gasteiger partial charge in [0.1, 0.15) is 11.9 Å². The number of para-hydroxylation sites is 1. The van der Waals surface area contributed by atoms with Crippen LogP contribution in [0.1, 0.15) is 23.7 Å². The number of rotatable bonds is 8. The van der Waals surface area contributed by atoms with Gasteiger partial charge in [0.15, 0.2) is 6.61 Å². The molecule has 35 heavy (non-hydrogen) atoms. The van der Waals surface area contributed by atoms with Crippen LogP contribution in [0.15, 0.2) is 60.8 Å². The Hall–Kier alpha value is -4.40. The maximum absolute atomic E-state index is 12.8. The van der Waals surface area contributed by atoms with Crippen LogP contribution >= 0.6 is 0 Å². The third-order valence-corrected chi connectivity index (χ3v) is 5.48. The SMILES string of the molecule is CC(=O)N[C@@H](Cc1c[nH]c2ccccc12)C(=O)OCC(=O)Nc1cc(C)nn1-c1ccc(C)cc1. The molecule has 2 aromatic heterocycles. The number of carbonyl (C=O) groups is 3. The van der Waals surface area contributed by atoms with Crippen molar-refractivity contribution in [2.24, 2.45) is 0 Å². The van der Waals surface area contributed by atoms with Crippen LogP contribution < -0.4 is 10.6 Å². The molecule has 4 rings (SSSR count). The molecule has 0 saturated carbocycles. The summed E-state index contributed by atoms with van der Waals surface area (Å²) in [5, 5.41) is 10.7. The number of carbonyl (C=O) groups excluding carboxylic acids is 3. The number of anilines is 1. The van der Waals surface area contributed by atoms with E-state index < -0.39 is 24.5 Å². The van der Waals surface area contributed by atoms with Crippen LogP contribution in [0.3, 0.4) is 0 Å². The van der Waals surface area contributed by atoms with Gasteiger partial charge in [-0.15, -0.1) is 0 Å². The van der Waals surface area contributed by atoms with Gasteiger partial charge in [-0.1, -0.05) is 35.9 Å². The average Bonchev–Trinajstić information content (AvgIpc) is 3.40. The molecule has 4 aromatic rings. The summed E-state index contributed by atoms with van der Waals surface area (Å²) in [6, 6.07) is 16.2. The Morgan fingerprint density at radius 1 is 1.09 bits per heavy atom. The molecule has 0 aliphatic carbocycles. The van der Waals surface area contributed by atoms with Crippen molar-refractivity contribution < 1.29 is 19.1 Å². The fraction of sp³-hybridized carbons (Fsp3) is 0.231. The smallest absolute Gasteiger partial charge is 0.329 e. The van der Waals surface area contributed by atoms with E-state index in [1.54, 1.807) is 16.9 Å². The van der Waals surface area contributed by atoms with Crippen molar-refractivity contribution in [3.8, 4) is 5.69 Å².